The first-order valence-electron chi connectivity index (χ1n) is 15.1. The Morgan fingerprint density at radius 1 is 1.16 bits per heavy atom. The first-order chi connectivity index (χ1) is 18.5. The van der Waals surface area contributed by atoms with Crippen molar-refractivity contribution in [2.24, 2.45) is 17.8 Å². The van der Waals surface area contributed by atoms with E-state index in [1.165, 1.54) is 36.1 Å². The van der Waals surface area contributed by atoms with Gasteiger partial charge in [-0.1, -0.05) is 68.8 Å². The fraction of sp³-hybridized carbons (Fsp3) is 0.588. The Balaban J connectivity index is 1.54. The maximum absolute atomic E-state index is 10.7. The first-order valence-corrected chi connectivity index (χ1v) is 15.1. The van der Waals surface area contributed by atoms with Crippen LogP contribution in [0.4, 0.5) is 0 Å². The molecule has 3 aliphatic rings. The Kier molecular flexibility index (Phi) is 8.62. The minimum atomic E-state index is -0.0659. The highest BCUT2D eigenvalue weighted by atomic mass is 16.3. The molecule has 2 aromatic rings. The Morgan fingerprint density at radius 3 is 2.66 bits per heavy atom. The molecule has 0 aromatic heterocycles. The summed E-state index contributed by atoms with van der Waals surface area (Å²) in [7, 11) is 2.30. The van der Waals surface area contributed by atoms with Gasteiger partial charge in [0.25, 0.3) is 0 Å². The Morgan fingerprint density at radius 2 is 1.95 bits per heavy atom. The zero-order chi connectivity index (χ0) is 26.7. The number of fused-ring (bicyclic) bond motifs is 4. The number of aliphatic hydroxyl groups is 1. The van der Waals surface area contributed by atoms with Gasteiger partial charge in [-0.3, -0.25) is 4.90 Å². The number of nitrogens with zero attached hydrogens (tertiary/aromatic N) is 2. The van der Waals surface area contributed by atoms with Crippen LogP contribution in [-0.4, -0.2) is 65.4 Å². The molecule has 4 heteroatoms. The molecular formula is C34H48N2O2. The van der Waals surface area contributed by atoms with E-state index in [0.29, 0.717) is 23.8 Å². The highest BCUT2D eigenvalue weighted by molar-refractivity contribution is 5.46. The van der Waals surface area contributed by atoms with E-state index in [1.54, 1.807) is 0 Å². The van der Waals surface area contributed by atoms with Gasteiger partial charge in [-0.15, -0.1) is 0 Å². The Hall–Kier alpha value is -2.14. The zero-order valence-electron chi connectivity index (χ0n) is 23.7. The minimum Gasteiger partial charge on any atom is -0.508 e. The molecule has 1 saturated carbocycles. The number of hydrogen-bond acceptors (Lipinski definition) is 4. The molecule has 2 aromatic carbocycles. The monoisotopic (exact) mass is 516 g/mol. The lowest BCUT2D eigenvalue weighted by molar-refractivity contribution is -0.0208. The van der Waals surface area contributed by atoms with Crippen molar-refractivity contribution in [3.05, 3.63) is 77.4 Å². The van der Waals surface area contributed by atoms with Gasteiger partial charge >= 0.3 is 0 Å². The molecule has 2 fully saturated rings. The second-order valence-corrected chi connectivity index (χ2v) is 12.3. The summed E-state index contributed by atoms with van der Waals surface area (Å²) in [5.74, 6) is 2.00. The molecule has 1 aliphatic heterocycles. The lowest BCUT2D eigenvalue weighted by Gasteiger charge is -2.60. The average Bonchev–Trinajstić information content (AvgIpc) is 3.74. The van der Waals surface area contributed by atoms with Crippen molar-refractivity contribution in [2.45, 2.75) is 76.3 Å². The van der Waals surface area contributed by atoms with E-state index < -0.39 is 0 Å². The smallest absolute Gasteiger partial charge is 0.115 e. The van der Waals surface area contributed by atoms with Crippen LogP contribution < -0.4 is 0 Å². The number of likely N-dealkylation sites (N-methyl/N-ethyl adjacent to an activating group) is 1. The van der Waals surface area contributed by atoms with Gasteiger partial charge in [-0.2, -0.15) is 0 Å². The normalized spacial score (nSPS) is 27.0. The lowest BCUT2D eigenvalue weighted by Crippen LogP contribution is -2.64. The summed E-state index contributed by atoms with van der Waals surface area (Å²) in [5.41, 5.74) is 4.09. The van der Waals surface area contributed by atoms with Crippen LogP contribution in [0.2, 0.25) is 0 Å². The van der Waals surface area contributed by atoms with Gasteiger partial charge in [0.1, 0.15) is 5.75 Å². The molecule has 2 bridgehead atoms. The van der Waals surface area contributed by atoms with E-state index in [2.05, 4.69) is 79.2 Å². The molecule has 5 rings (SSSR count). The zero-order valence-corrected chi connectivity index (χ0v) is 23.7. The predicted octanol–water partition coefficient (Wildman–Crippen LogP) is 5.81. The van der Waals surface area contributed by atoms with E-state index in [1.807, 2.05) is 12.1 Å². The van der Waals surface area contributed by atoms with Crippen molar-refractivity contribution >= 4 is 0 Å². The molecule has 2 aliphatic carbocycles. The van der Waals surface area contributed by atoms with Crippen molar-refractivity contribution in [3.8, 4) is 5.75 Å². The highest BCUT2D eigenvalue weighted by Crippen LogP contribution is 2.56. The number of benzene rings is 2. The summed E-state index contributed by atoms with van der Waals surface area (Å²) in [6.45, 7) is 8.23. The topological polar surface area (TPSA) is 46.9 Å². The fourth-order valence-corrected chi connectivity index (χ4v) is 7.91. The molecule has 0 radical (unpaired) electrons. The average molecular weight is 517 g/mol. The third-order valence-corrected chi connectivity index (χ3v) is 10.1. The number of rotatable bonds is 12. The van der Waals surface area contributed by atoms with Crippen LogP contribution >= 0.6 is 0 Å². The van der Waals surface area contributed by atoms with Crippen LogP contribution in [0.3, 0.4) is 0 Å². The van der Waals surface area contributed by atoms with Gasteiger partial charge in [0.2, 0.25) is 0 Å². The van der Waals surface area contributed by atoms with Gasteiger partial charge in [0.15, 0.2) is 0 Å². The number of phenolic OH excluding ortho intramolecular Hbond substituents is 1. The van der Waals surface area contributed by atoms with Gasteiger partial charge in [-0.25, -0.2) is 0 Å². The first kappa shape index (κ1) is 27.4. The van der Waals surface area contributed by atoms with Gasteiger partial charge < -0.3 is 15.1 Å². The summed E-state index contributed by atoms with van der Waals surface area (Å²) in [4.78, 5) is 5.39. The van der Waals surface area contributed by atoms with Gasteiger partial charge in [-0.05, 0) is 92.8 Å². The predicted molar refractivity (Wildman–Crippen MR) is 157 cm³/mol. The number of hydrogen-bond donors (Lipinski definition) is 2. The number of aromatic hydroxyl groups is 1. The van der Waals surface area contributed by atoms with Crippen molar-refractivity contribution < 1.29 is 10.2 Å². The molecule has 2 N–H and O–H groups in total. The van der Waals surface area contributed by atoms with E-state index in [0.717, 1.165) is 51.1 Å². The molecule has 206 valence electrons. The number of likely N-dealkylation sites (tertiary alicyclic amines) is 1. The Bertz CT molecular complexity index is 1080. The SMILES string of the molecule is CCCC(C(C=CCO)C12CCN(CC3CC3)C(Cc3ccc(O)cc31)C2C)N(C)CCc1ccccc1. The fourth-order valence-electron chi connectivity index (χ4n) is 7.91. The number of aliphatic hydroxyl groups excluding tert-OH is 1. The van der Waals surface area contributed by atoms with Gasteiger partial charge in [0.05, 0.1) is 6.61 Å². The molecule has 1 heterocycles. The van der Waals surface area contributed by atoms with Crippen LogP contribution in [0.5, 0.6) is 5.75 Å². The molecule has 1 saturated heterocycles. The van der Waals surface area contributed by atoms with Crippen molar-refractivity contribution in [3.63, 3.8) is 0 Å². The minimum absolute atomic E-state index is 0.0659. The largest absolute Gasteiger partial charge is 0.508 e. The van der Waals surface area contributed by atoms with E-state index in [9.17, 15) is 10.2 Å². The molecule has 38 heavy (non-hydrogen) atoms. The summed E-state index contributed by atoms with van der Waals surface area (Å²) in [6, 6.07) is 17.9. The van der Waals surface area contributed by atoms with Crippen LogP contribution in [-0.2, 0) is 18.3 Å². The molecule has 4 nitrogen and oxygen atoms in total. The van der Waals surface area contributed by atoms with Crippen molar-refractivity contribution in [1.29, 1.82) is 0 Å². The Labute approximate surface area is 230 Å². The van der Waals surface area contributed by atoms with E-state index >= 15 is 0 Å². The third kappa shape index (κ3) is 5.46. The van der Waals surface area contributed by atoms with Crippen LogP contribution in [0.15, 0.2) is 60.7 Å². The quantitative estimate of drug-likeness (QED) is 0.349. The molecule has 5 unspecified atom stereocenters. The van der Waals surface area contributed by atoms with Crippen LogP contribution in [0, 0.1) is 17.8 Å². The standard InChI is InChI=1S/C34H48N2O2/c1-4-9-32(35(3)19-17-26-10-6-5-7-11-26)30(12-8-21-37)34-18-20-36(24-27-13-14-27)33(25(34)2)22-28-15-16-29(38)23-31(28)34/h5-8,10-12,15-16,23,25,27,30,32-33,37-38H,4,9,13-14,17-22,24H2,1-3H3. The second kappa shape index (κ2) is 11.9. The number of piperidine rings is 1. The molecule has 0 spiro atoms. The molecule has 5 atom stereocenters. The third-order valence-electron chi connectivity index (χ3n) is 10.1. The summed E-state index contributed by atoms with van der Waals surface area (Å²) in [5, 5.41) is 20.6. The summed E-state index contributed by atoms with van der Waals surface area (Å²) in [6.07, 6.45) is 12.6. The van der Waals surface area contributed by atoms with Crippen molar-refractivity contribution in [2.75, 3.05) is 33.3 Å². The van der Waals surface area contributed by atoms with Crippen molar-refractivity contribution in [1.82, 2.24) is 9.80 Å². The highest BCUT2D eigenvalue weighted by Gasteiger charge is 2.56. The van der Waals surface area contributed by atoms with E-state index in [-0.39, 0.29) is 17.9 Å². The number of phenols is 1. The van der Waals surface area contributed by atoms with Gasteiger partial charge in [0, 0.05) is 36.5 Å². The summed E-state index contributed by atoms with van der Waals surface area (Å²) < 4.78 is 0. The van der Waals surface area contributed by atoms with Crippen LogP contribution in [0.25, 0.3) is 0 Å². The molecular weight excluding hydrogens is 468 g/mol. The lowest BCUT2D eigenvalue weighted by atomic mass is 9.51. The van der Waals surface area contributed by atoms with E-state index in [4.69, 9.17) is 0 Å². The maximum Gasteiger partial charge on any atom is 0.115 e. The second-order valence-electron chi connectivity index (χ2n) is 12.3. The summed E-state index contributed by atoms with van der Waals surface area (Å²) >= 11 is 0. The van der Waals surface area contributed by atoms with Crippen LogP contribution in [0.1, 0.15) is 62.6 Å². The molecule has 0 amide bonds. The maximum atomic E-state index is 10.7.